The fraction of sp³-hybridized carbons (Fsp3) is 0.611. The van der Waals surface area contributed by atoms with Crippen LogP contribution in [0.25, 0.3) is 0 Å². The van der Waals surface area contributed by atoms with Crippen LogP contribution in [0.3, 0.4) is 0 Å². The minimum Gasteiger partial charge on any atom is -0.316 e. The monoisotopic (exact) mass is 369 g/mol. The maximum Gasteiger partial charge on any atom is 0.240 e. The molecule has 0 fully saturated rings. The second kappa shape index (κ2) is 9.31. The Kier molecular flexibility index (Phi) is 8.05. The van der Waals surface area contributed by atoms with Crippen LogP contribution >= 0.6 is 0 Å². The molecular formula is C18H31N3O3S. The molecular weight excluding hydrogens is 338 g/mol. The minimum absolute atomic E-state index is 0.104. The van der Waals surface area contributed by atoms with Gasteiger partial charge in [0.15, 0.2) is 0 Å². The van der Waals surface area contributed by atoms with Gasteiger partial charge in [-0.25, -0.2) is 13.1 Å². The van der Waals surface area contributed by atoms with E-state index in [1.165, 1.54) is 24.0 Å². The maximum absolute atomic E-state index is 12.6. The second-order valence-electron chi connectivity index (χ2n) is 6.53. The van der Waals surface area contributed by atoms with E-state index in [0.29, 0.717) is 18.2 Å². The standard InChI is InChI=1S/C18H31N3O3S/c1-7-15(8-2)18(20(4)5)13-19-25(23,24)17-11-9-16(10-12-17)21(6)14(3)22/h9-12,15,18-19H,7-8,13H2,1-6H3/t18-/m1/s1. The summed E-state index contributed by atoms with van der Waals surface area (Å²) in [6, 6.07) is 6.48. The third kappa shape index (κ3) is 5.80. The van der Waals surface area contributed by atoms with Crippen molar-refractivity contribution in [3.63, 3.8) is 0 Å². The lowest BCUT2D eigenvalue weighted by Gasteiger charge is -2.31. The first kappa shape index (κ1) is 21.6. The van der Waals surface area contributed by atoms with Gasteiger partial charge in [-0.3, -0.25) is 4.79 Å². The SMILES string of the molecule is CCC(CC)[C@@H](CNS(=O)(=O)c1ccc(N(C)C(C)=O)cc1)N(C)C. The molecule has 0 bridgehead atoms. The number of benzene rings is 1. The van der Waals surface area contributed by atoms with Gasteiger partial charge in [-0.1, -0.05) is 26.7 Å². The lowest BCUT2D eigenvalue weighted by Crippen LogP contribution is -2.44. The number of amides is 1. The number of rotatable bonds is 9. The fourth-order valence-corrected chi connectivity index (χ4v) is 3.96. The lowest BCUT2D eigenvalue weighted by molar-refractivity contribution is -0.116. The Morgan fingerprint density at radius 3 is 2.00 bits per heavy atom. The maximum atomic E-state index is 12.6. The number of carbonyl (C=O) groups is 1. The van der Waals surface area contributed by atoms with Gasteiger partial charge in [0.25, 0.3) is 0 Å². The topological polar surface area (TPSA) is 69.7 Å². The summed E-state index contributed by atoms with van der Waals surface area (Å²) in [5, 5.41) is 0. The Morgan fingerprint density at radius 2 is 1.60 bits per heavy atom. The molecule has 0 aliphatic carbocycles. The summed E-state index contributed by atoms with van der Waals surface area (Å²) >= 11 is 0. The molecule has 0 spiro atoms. The van der Waals surface area contributed by atoms with E-state index < -0.39 is 10.0 Å². The number of sulfonamides is 1. The predicted molar refractivity (Wildman–Crippen MR) is 102 cm³/mol. The Bertz CT molecular complexity index is 653. The van der Waals surface area contributed by atoms with E-state index in [0.717, 1.165) is 12.8 Å². The molecule has 142 valence electrons. The van der Waals surface area contributed by atoms with Gasteiger partial charge in [0.1, 0.15) is 0 Å². The molecule has 1 amide bonds. The van der Waals surface area contributed by atoms with Crippen molar-refractivity contribution in [1.82, 2.24) is 9.62 Å². The third-order valence-electron chi connectivity index (χ3n) is 4.75. The first-order valence-corrected chi connectivity index (χ1v) is 10.1. The molecule has 0 saturated carbocycles. The highest BCUT2D eigenvalue weighted by molar-refractivity contribution is 7.89. The number of hydrogen-bond acceptors (Lipinski definition) is 4. The Hall–Kier alpha value is -1.44. The molecule has 0 aliphatic heterocycles. The van der Waals surface area contributed by atoms with Gasteiger partial charge in [0.2, 0.25) is 15.9 Å². The molecule has 1 N–H and O–H groups in total. The lowest BCUT2D eigenvalue weighted by atomic mass is 9.93. The molecule has 0 aliphatic rings. The van der Waals surface area contributed by atoms with Crippen molar-refractivity contribution in [3.8, 4) is 0 Å². The second-order valence-corrected chi connectivity index (χ2v) is 8.30. The number of nitrogens with zero attached hydrogens (tertiary/aromatic N) is 2. The van der Waals surface area contributed by atoms with E-state index in [9.17, 15) is 13.2 Å². The summed E-state index contributed by atoms with van der Waals surface area (Å²) in [6.07, 6.45) is 2.01. The van der Waals surface area contributed by atoms with Crippen molar-refractivity contribution in [2.75, 3.05) is 32.6 Å². The molecule has 6 nitrogen and oxygen atoms in total. The van der Waals surface area contributed by atoms with Crippen LogP contribution in [0.1, 0.15) is 33.6 Å². The van der Waals surface area contributed by atoms with Crippen LogP contribution < -0.4 is 9.62 Å². The van der Waals surface area contributed by atoms with Crippen molar-refractivity contribution in [1.29, 1.82) is 0 Å². The van der Waals surface area contributed by atoms with Crippen LogP contribution in [0.2, 0.25) is 0 Å². The molecule has 0 heterocycles. The smallest absolute Gasteiger partial charge is 0.240 e. The molecule has 7 heteroatoms. The average molecular weight is 370 g/mol. The van der Waals surface area contributed by atoms with Gasteiger partial charge in [-0.2, -0.15) is 0 Å². The fourth-order valence-electron chi connectivity index (χ4n) is 2.91. The average Bonchev–Trinajstić information content (AvgIpc) is 2.57. The molecule has 1 aromatic rings. The summed E-state index contributed by atoms with van der Waals surface area (Å²) in [5.41, 5.74) is 0.662. The molecule has 1 rings (SSSR count). The van der Waals surface area contributed by atoms with E-state index in [-0.39, 0.29) is 16.8 Å². The number of likely N-dealkylation sites (N-methyl/N-ethyl adjacent to an activating group) is 1. The van der Waals surface area contributed by atoms with Crippen LogP contribution in [-0.2, 0) is 14.8 Å². The molecule has 1 atom stereocenters. The largest absolute Gasteiger partial charge is 0.316 e. The Labute approximate surface area is 152 Å². The van der Waals surface area contributed by atoms with E-state index >= 15 is 0 Å². The summed E-state index contributed by atoms with van der Waals surface area (Å²) in [6.45, 7) is 6.09. The van der Waals surface area contributed by atoms with Crippen molar-refractivity contribution in [2.24, 2.45) is 5.92 Å². The Balaban J connectivity index is 2.89. The highest BCUT2D eigenvalue weighted by Crippen LogP contribution is 2.19. The molecule has 25 heavy (non-hydrogen) atoms. The number of hydrogen-bond donors (Lipinski definition) is 1. The van der Waals surface area contributed by atoms with Crippen LogP contribution in [0.4, 0.5) is 5.69 Å². The van der Waals surface area contributed by atoms with Crippen molar-refractivity contribution >= 4 is 21.6 Å². The number of nitrogens with one attached hydrogen (secondary N) is 1. The molecule has 0 unspecified atom stereocenters. The van der Waals surface area contributed by atoms with Gasteiger partial charge in [-0.05, 0) is 44.3 Å². The highest BCUT2D eigenvalue weighted by Gasteiger charge is 2.23. The van der Waals surface area contributed by atoms with E-state index in [4.69, 9.17) is 0 Å². The summed E-state index contributed by atoms with van der Waals surface area (Å²) < 4.78 is 27.9. The van der Waals surface area contributed by atoms with Gasteiger partial charge in [0, 0.05) is 32.2 Å². The van der Waals surface area contributed by atoms with Crippen LogP contribution in [-0.4, -0.2) is 53.0 Å². The van der Waals surface area contributed by atoms with E-state index in [2.05, 4.69) is 23.5 Å². The minimum atomic E-state index is -3.58. The van der Waals surface area contributed by atoms with Gasteiger partial charge in [0.05, 0.1) is 4.90 Å². The van der Waals surface area contributed by atoms with Crippen molar-refractivity contribution in [2.45, 2.75) is 44.6 Å². The molecule has 1 aromatic carbocycles. The molecule has 0 saturated heterocycles. The van der Waals surface area contributed by atoms with E-state index in [1.54, 1.807) is 19.2 Å². The van der Waals surface area contributed by atoms with Crippen LogP contribution in [0.15, 0.2) is 29.2 Å². The highest BCUT2D eigenvalue weighted by atomic mass is 32.2. The third-order valence-corrected chi connectivity index (χ3v) is 6.18. The quantitative estimate of drug-likeness (QED) is 0.725. The number of carbonyl (C=O) groups excluding carboxylic acids is 1. The molecule has 0 aromatic heterocycles. The van der Waals surface area contributed by atoms with Crippen LogP contribution in [0.5, 0.6) is 0 Å². The number of anilines is 1. The Morgan fingerprint density at radius 1 is 1.08 bits per heavy atom. The first-order valence-electron chi connectivity index (χ1n) is 8.64. The van der Waals surface area contributed by atoms with Crippen LogP contribution in [0, 0.1) is 5.92 Å². The zero-order chi connectivity index (χ0) is 19.2. The summed E-state index contributed by atoms with van der Waals surface area (Å²) in [7, 11) is 2.02. The zero-order valence-corrected chi connectivity index (χ0v) is 16.9. The summed E-state index contributed by atoms with van der Waals surface area (Å²) in [5.74, 6) is 0.331. The summed E-state index contributed by atoms with van der Waals surface area (Å²) in [4.78, 5) is 15.1. The van der Waals surface area contributed by atoms with Gasteiger partial charge >= 0.3 is 0 Å². The normalized spacial score (nSPS) is 13.3. The van der Waals surface area contributed by atoms with E-state index in [1.807, 2.05) is 14.1 Å². The van der Waals surface area contributed by atoms with Gasteiger partial charge < -0.3 is 9.80 Å². The first-order chi connectivity index (χ1) is 11.6. The van der Waals surface area contributed by atoms with Crippen molar-refractivity contribution in [3.05, 3.63) is 24.3 Å². The van der Waals surface area contributed by atoms with Gasteiger partial charge in [-0.15, -0.1) is 0 Å². The predicted octanol–water partition coefficient (Wildman–Crippen LogP) is 2.31. The van der Waals surface area contributed by atoms with Crippen molar-refractivity contribution < 1.29 is 13.2 Å². The molecule has 0 radical (unpaired) electrons. The zero-order valence-electron chi connectivity index (χ0n) is 16.1.